The molecule has 4 nitrogen and oxygen atoms in total. The Morgan fingerprint density at radius 2 is 2.50 bits per heavy atom. The Bertz CT molecular complexity index is 583. The molecule has 2 heterocycles. The maximum absolute atomic E-state index is 11.5. The van der Waals surface area contributed by atoms with E-state index in [0.717, 1.165) is 15.9 Å². The molecule has 0 saturated carbocycles. The number of esters is 1. The molecule has 0 spiro atoms. The van der Waals surface area contributed by atoms with Gasteiger partial charge in [-0.2, -0.15) is 4.37 Å². The molecule has 0 fully saturated rings. The quantitative estimate of drug-likeness (QED) is 0.585. The van der Waals surface area contributed by atoms with Crippen molar-refractivity contribution in [1.29, 1.82) is 0 Å². The minimum absolute atomic E-state index is 0.0300. The average molecular weight is 232 g/mol. The molecule has 0 aromatic carbocycles. The van der Waals surface area contributed by atoms with Gasteiger partial charge in [0.1, 0.15) is 4.83 Å². The van der Waals surface area contributed by atoms with E-state index in [0.29, 0.717) is 5.56 Å². The van der Waals surface area contributed by atoms with Gasteiger partial charge in [0.25, 0.3) is 0 Å². The second kappa shape index (κ2) is 4.29. The smallest absolute Gasteiger partial charge is 0.340 e. The van der Waals surface area contributed by atoms with E-state index in [-0.39, 0.29) is 6.61 Å². The minimum Gasteiger partial charge on any atom is -0.449 e. The fourth-order valence-electron chi connectivity index (χ4n) is 1.25. The molecule has 5 heteroatoms. The van der Waals surface area contributed by atoms with Crippen molar-refractivity contribution in [3.8, 4) is 12.3 Å². The monoisotopic (exact) mass is 232 g/mol. The van der Waals surface area contributed by atoms with Gasteiger partial charge in [0.05, 0.1) is 11.3 Å². The number of rotatable bonds is 2. The second-order valence-corrected chi connectivity index (χ2v) is 3.88. The number of carbonyl (C=O) groups excluding carboxylic acids is 1. The number of aromatic nitrogens is 2. The average Bonchev–Trinajstić information content (AvgIpc) is 2.67. The Labute approximate surface area is 96.4 Å². The van der Waals surface area contributed by atoms with E-state index in [1.54, 1.807) is 6.07 Å². The van der Waals surface area contributed by atoms with Gasteiger partial charge in [0, 0.05) is 11.6 Å². The molecule has 0 saturated heterocycles. The van der Waals surface area contributed by atoms with Crippen molar-refractivity contribution < 1.29 is 9.53 Å². The van der Waals surface area contributed by atoms with Crippen LogP contribution in [0.5, 0.6) is 0 Å². The van der Waals surface area contributed by atoms with Crippen molar-refractivity contribution in [2.75, 3.05) is 6.61 Å². The van der Waals surface area contributed by atoms with Crippen molar-refractivity contribution in [2.45, 2.75) is 6.92 Å². The molecule has 0 bridgehead atoms. The molecular weight excluding hydrogens is 224 g/mol. The zero-order valence-electron chi connectivity index (χ0n) is 8.56. The van der Waals surface area contributed by atoms with Crippen LogP contribution in [0.1, 0.15) is 16.1 Å². The van der Waals surface area contributed by atoms with E-state index in [2.05, 4.69) is 15.3 Å². The highest BCUT2D eigenvalue weighted by atomic mass is 32.1. The third-order valence-electron chi connectivity index (χ3n) is 2.03. The first kappa shape index (κ1) is 10.6. The fourth-order valence-corrected chi connectivity index (χ4v) is 1.97. The molecule has 0 atom stereocenters. The number of ether oxygens (including phenoxy) is 1. The largest absolute Gasteiger partial charge is 0.449 e. The molecule has 16 heavy (non-hydrogen) atoms. The summed E-state index contributed by atoms with van der Waals surface area (Å²) < 4.78 is 8.96. The molecule has 0 aliphatic rings. The molecular formula is C11H8N2O2S. The van der Waals surface area contributed by atoms with Crippen molar-refractivity contribution >= 4 is 27.7 Å². The van der Waals surface area contributed by atoms with E-state index in [1.165, 1.54) is 17.7 Å². The normalized spacial score (nSPS) is 10.0. The summed E-state index contributed by atoms with van der Waals surface area (Å²) in [5.74, 6) is 1.78. The Morgan fingerprint density at radius 1 is 1.69 bits per heavy atom. The van der Waals surface area contributed by atoms with Crippen molar-refractivity contribution in [3.63, 3.8) is 0 Å². The van der Waals surface area contributed by atoms with Crippen LogP contribution in [0.3, 0.4) is 0 Å². The second-order valence-electron chi connectivity index (χ2n) is 3.12. The van der Waals surface area contributed by atoms with Crippen LogP contribution in [-0.4, -0.2) is 21.9 Å². The Hall–Kier alpha value is -1.93. The van der Waals surface area contributed by atoms with Crippen LogP contribution in [0.2, 0.25) is 0 Å². The van der Waals surface area contributed by atoms with Crippen molar-refractivity contribution in [3.05, 3.63) is 23.5 Å². The van der Waals surface area contributed by atoms with Gasteiger partial charge in [-0.3, -0.25) is 0 Å². The van der Waals surface area contributed by atoms with Gasteiger partial charge in [0.2, 0.25) is 0 Å². The zero-order valence-corrected chi connectivity index (χ0v) is 9.37. The predicted molar refractivity (Wildman–Crippen MR) is 61.3 cm³/mol. The van der Waals surface area contributed by atoms with E-state index < -0.39 is 5.97 Å². The Kier molecular flexibility index (Phi) is 2.84. The lowest BCUT2D eigenvalue weighted by molar-refractivity contribution is 0.0556. The first-order valence-electron chi connectivity index (χ1n) is 4.55. The van der Waals surface area contributed by atoms with Gasteiger partial charge >= 0.3 is 5.97 Å². The van der Waals surface area contributed by atoms with Crippen LogP contribution in [0.15, 0.2) is 12.3 Å². The standard InChI is InChI=1S/C11H8N2O2S/c1-3-4-15-11(14)8-5-9-7(2)13-16-10(9)12-6-8/h1,5-6H,4H2,2H3. The van der Waals surface area contributed by atoms with Gasteiger partial charge in [-0.1, -0.05) is 5.92 Å². The highest BCUT2D eigenvalue weighted by molar-refractivity contribution is 7.12. The number of hydrogen-bond donors (Lipinski definition) is 0. The molecule has 0 aliphatic heterocycles. The Balaban J connectivity index is 2.35. The lowest BCUT2D eigenvalue weighted by Crippen LogP contribution is -2.05. The summed E-state index contributed by atoms with van der Waals surface area (Å²) in [6, 6.07) is 1.72. The minimum atomic E-state index is -0.460. The third-order valence-corrected chi connectivity index (χ3v) is 2.90. The van der Waals surface area contributed by atoms with Crippen LogP contribution in [-0.2, 0) is 4.74 Å². The van der Waals surface area contributed by atoms with Crippen LogP contribution in [0, 0.1) is 19.3 Å². The van der Waals surface area contributed by atoms with Gasteiger partial charge in [0.15, 0.2) is 6.61 Å². The summed E-state index contributed by atoms with van der Waals surface area (Å²) in [4.78, 5) is 16.5. The molecule has 2 rings (SSSR count). The molecule has 0 unspecified atom stereocenters. The van der Waals surface area contributed by atoms with Gasteiger partial charge in [-0.25, -0.2) is 9.78 Å². The topological polar surface area (TPSA) is 52.1 Å². The molecule has 0 amide bonds. The third kappa shape index (κ3) is 1.88. The molecule has 2 aromatic rings. The number of pyridine rings is 1. The first-order valence-corrected chi connectivity index (χ1v) is 5.32. The lowest BCUT2D eigenvalue weighted by atomic mass is 10.2. The van der Waals surface area contributed by atoms with Crippen molar-refractivity contribution in [1.82, 2.24) is 9.36 Å². The van der Waals surface area contributed by atoms with Gasteiger partial charge in [-0.05, 0) is 24.5 Å². The fraction of sp³-hybridized carbons (Fsp3) is 0.182. The molecule has 0 aliphatic carbocycles. The highest BCUT2D eigenvalue weighted by Crippen LogP contribution is 2.20. The maximum atomic E-state index is 11.5. The summed E-state index contributed by atoms with van der Waals surface area (Å²) in [7, 11) is 0. The highest BCUT2D eigenvalue weighted by Gasteiger charge is 2.10. The van der Waals surface area contributed by atoms with Gasteiger partial charge in [-0.15, -0.1) is 6.42 Å². The number of nitrogens with zero attached hydrogens (tertiary/aromatic N) is 2. The number of aryl methyl sites for hydroxylation is 1. The van der Waals surface area contributed by atoms with Crippen LogP contribution in [0.4, 0.5) is 0 Å². The van der Waals surface area contributed by atoms with E-state index in [1.807, 2.05) is 6.92 Å². The molecule has 0 N–H and O–H groups in total. The summed E-state index contributed by atoms with van der Waals surface area (Å²) in [5.41, 5.74) is 1.25. The molecule has 80 valence electrons. The summed E-state index contributed by atoms with van der Waals surface area (Å²) in [6.45, 7) is 1.84. The number of carbonyl (C=O) groups is 1. The van der Waals surface area contributed by atoms with Crippen LogP contribution < -0.4 is 0 Å². The van der Waals surface area contributed by atoms with Crippen molar-refractivity contribution in [2.24, 2.45) is 0 Å². The maximum Gasteiger partial charge on any atom is 0.340 e. The van der Waals surface area contributed by atoms with Gasteiger partial charge < -0.3 is 4.74 Å². The number of fused-ring (bicyclic) bond motifs is 1. The van der Waals surface area contributed by atoms with E-state index >= 15 is 0 Å². The summed E-state index contributed by atoms with van der Waals surface area (Å²) >= 11 is 1.31. The molecule has 0 radical (unpaired) electrons. The van der Waals surface area contributed by atoms with E-state index in [4.69, 9.17) is 11.2 Å². The Morgan fingerprint density at radius 3 is 3.25 bits per heavy atom. The van der Waals surface area contributed by atoms with Crippen LogP contribution >= 0.6 is 11.5 Å². The SMILES string of the molecule is C#CCOC(=O)c1cnc2snc(C)c2c1. The molecule has 2 aromatic heterocycles. The van der Waals surface area contributed by atoms with E-state index in [9.17, 15) is 4.79 Å². The number of terminal acetylenes is 1. The lowest BCUT2D eigenvalue weighted by Gasteiger charge is -2.00. The number of hydrogen-bond acceptors (Lipinski definition) is 5. The zero-order chi connectivity index (χ0) is 11.5. The predicted octanol–water partition coefficient (Wildman–Crippen LogP) is 1.79. The first-order chi connectivity index (χ1) is 7.72. The summed E-state index contributed by atoms with van der Waals surface area (Å²) in [6.07, 6.45) is 6.47. The summed E-state index contributed by atoms with van der Waals surface area (Å²) in [5, 5.41) is 0.875. The van der Waals surface area contributed by atoms with Crippen LogP contribution in [0.25, 0.3) is 10.2 Å².